The van der Waals surface area contributed by atoms with E-state index in [2.05, 4.69) is 15.9 Å². The average Bonchev–Trinajstić information content (AvgIpc) is 2.50. The summed E-state index contributed by atoms with van der Waals surface area (Å²) in [7, 11) is 0. The van der Waals surface area contributed by atoms with Crippen LogP contribution in [0.5, 0.6) is 0 Å². The normalized spacial score (nSPS) is 26.7. The summed E-state index contributed by atoms with van der Waals surface area (Å²) < 4.78 is 25.6. The van der Waals surface area contributed by atoms with Crippen molar-refractivity contribution >= 4 is 15.9 Å². The van der Waals surface area contributed by atoms with Crippen LogP contribution in [0.4, 0.5) is 4.39 Å². The van der Waals surface area contributed by atoms with E-state index in [4.69, 9.17) is 9.47 Å². The molecule has 1 N–H and O–H groups in total. The molecule has 0 saturated carbocycles. The number of aliphatic hydroxyl groups is 1. The Hall–Kier alpha value is -0.490. The highest BCUT2D eigenvalue weighted by molar-refractivity contribution is 9.10. The number of halogens is 2. The van der Waals surface area contributed by atoms with Crippen molar-refractivity contribution in [3.63, 3.8) is 0 Å². The predicted octanol–water partition coefficient (Wildman–Crippen LogP) is 3.60. The van der Waals surface area contributed by atoms with Crippen molar-refractivity contribution in [2.45, 2.75) is 37.4 Å². The first-order valence-electron chi connectivity index (χ1n) is 7.44. The molecule has 1 spiro atoms. The maximum atomic E-state index is 13.4. The SMILES string of the molecule is OC(c1cc(F)ccc1Br)C1CCOC2(CCOCC2)C1. The Morgan fingerprint density at radius 3 is 2.81 bits per heavy atom. The molecule has 0 aromatic heterocycles. The second-order valence-corrected chi connectivity index (χ2v) is 6.86. The molecular formula is C16H20BrFO3. The van der Waals surface area contributed by atoms with Crippen molar-refractivity contribution < 1.29 is 19.0 Å². The van der Waals surface area contributed by atoms with Gasteiger partial charge in [0.1, 0.15) is 5.82 Å². The van der Waals surface area contributed by atoms with Crippen molar-refractivity contribution in [1.29, 1.82) is 0 Å². The molecule has 1 aromatic carbocycles. The fraction of sp³-hybridized carbons (Fsp3) is 0.625. The monoisotopic (exact) mass is 358 g/mol. The molecule has 1 aromatic rings. The van der Waals surface area contributed by atoms with Gasteiger partial charge in [-0.15, -0.1) is 0 Å². The van der Waals surface area contributed by atoms with Gasteiger partial charge in [-0.2, -0.15) is 0 Å². The number of benzene rings is 1. The van der Waals surface area contributed by atoms with E-state index in [1.807, 2.05) is 0 Å². The van der Waals surface area contributed by atoms with Crippen LogP contribution in [-0.2, 0) is 9.47 Å². The lowest BCUT2D eigenvalue weighted by molar-refractivity contribution is -0.159. The first-order chi connectivity index (χ1) is 10.1. The number of aliphatic hydroxyl groups excluding tert-OH is 1. The van der Waals surface area contributed by atoms with Crippen LogP contribution in [0.1, 0.15) is 37.4 Å². The van der Waals surface area contributed by atoms with Gasteiger partial charge in [-0.25, -0.2) is 4.39 Å². The molecule has 0 radical (unpaired) electrons. The molecule has 2 unspecified atom stereocenters. The average molecular weight is 359 g/mol. The summed E-state index contributed by atoms with van der Waals surface area (Å²) in [5.74, 6) is -0.227. The van der Waals surface area contributed by atoms with Crippen LogP contribution in [-0.4, -0.2) is 30.5 Å². The van der Waals surface area contributed by atoms with Gasteiger partial charge in [0.05, 0.1) is 11.7 Å². The van der Waals surface area contributed by atoms with E-state index in [-0.39, 0.29) is 17.3 Å². The summed E-state index contributed by atoms with van der Waals surface area (Å²) in [6, 6.07) is 4.46. The van der Waals surface area contributed by atoms with E-state index >= 15 is 0 Å². The Balaban J connectivity index is 1.77. The van der Waals surface area contributed by atoms with Crippen LogP contribution in [0, 0.1) is 11.7 Å². The molecule has 0 aliphatic carbocycles. The Labute approximate surface area is 132 Å². The third-order valence-corrected chi connectivity index (χ3v) is 5.38. The van der Waals surface area contributed by atoms with Crippen molar-refractivity contribution in [1.82, 2.24) is 0 Å². The topological polar surface area (TPSA) is 38.7 Å². The molecular weight excluding hydrogens is 339 g/mol. The van der Waals surface area contributed by atoms with Crippen molar-refractivity contribution in [3.8, 4) is 0 Å². The van der Waals surface area contributed by atoms with Crippen molar-refractivity contribution in [2.24, 2.45) is 5.92 Å². The molecule has 2 atom stereocenters. The predicted molar refractivity (Wildman–Crippen MR) is 80.5 cm³/mol. The first-order valence-corrected chi connectivity index (χ1v) is 8.24. The largest absolute Gasteiger partial charge is 0.388 e. The molecule has 0 amide bonds. The van der Waals surface area contributed by atoms with Gasteiger partial charge in [-0.3, -0.25) is 0 Å². The maximum absolute atomic E-state index is 13.4. The van der Waals surface area contributed by atoms with Gasteiger partial charge in [0, 0.05) is 24.3 Å². The number of hydrogen-bond acceptors (Lipinski definition) is 3. The minimum Gasteiger partial charge on any atom is -0.388 e. The first kappa shape index (κ1) is 15.4. The standard InChI is InChI=1S/C16H20BrFO3/c17-14-2-1-12(18)9-13(14)15(19)11-3-6-21-16(10-11)4-7-20-8-5-16/h1-2,9,11,15,19H,3-8,10H2. The highest BCUT2D eigenvalue weighted by atomic mass is 79.9. The van der Waals surface area contributed by atoms with Crippen LogP contribution < -0.4 is 0 Å². The molecule has 2 aliphatic rings. The van der Waals surface area contributed by atoms with Gasteiger partial charge in [0.15, 0.2) is 0 Å². The summed E-state index contributed by atoms with van der Waals surface area (Å²) in [6.45, 7) is 2.08. The molecule has 2 aliphatic heterocycles. The van der Waals surface area contributed by atoms with E-state index in [0.717, 1.165) is 30.2 Å². The van der Waals surface area contributed by atoms with E-state index in [1.54, 1.807) is 6.07 Å². The van der Waals surface area contributed by atoms with Crippen molar-refractivity contribution in [3.05, 3.63) is 34.1 Å². The Morgan fingerprint density at radius 2 is 2.05 bits per heavy atom. The van der Waals surface area contributed by atoms with E-state index in [1.165, 1.54) is 12.1 Å². The van der Waals surface area contributed by atoms with E-state index in [0.29, 0.717) is 25.4 Å². The third kappa shape index (κ3) is 3.31. The van der Waals surface area contributed by atoms with E-state index < -0.39 is 6.10 Å². The van der Waals surface area contributed by atoms with Gasteiger partial charge in [0.2, 0.25) is 0 Å². The van der Waals surface area contributed by atoms with Gasteiger partial charge >= 0.3 is 0 Å². The van der Waals surface area contributed by atoms with Crippen LogP contribution in [0.15, 0.2) is 22.7 Å². The highest BCUT2D eigenvalue weighted by Gasteiger charge is 2.41. The van der Waals surface area contributed by atoms with Crippen LogP contribution in [0.25, 0.3) is 0 Å². The van der Waals surface area contributed by atoms with Crippen LogP contribution >= 0.6 is 15.9 Å². The highest BCUT2D eigenvalue weighted by Crippen LogP contribution is 2.43. The fourth-order valence-corrected chi connectivity index (χ4v) is 3.90. The summed E-state index contributed by atoms with van der Waals surface area (Å²) in [5.41, 5.74) is 0.464. The molecule has 116 valence electrons. The quantitative estimate of drug-likeness (QED) is 0.877. The molecule has 21 heavy (non-hydrogen) atoms. The third-order valence-electron chi connectivity index (χ3n) is 4.66. The van der Waals surface area contributed by atoms with E-state index in [9.17, 15) is 9.50 Å². The second kappa shape index (κ2) is 6.32. The summed E-state index contributed by atoms with van der Waals surface area (Å²) in [5, 5.41) is 10.7. The van der Waals surface area contributed by atoms with Crippen LogP contribution in [0.3, 0.4) is 0 Å². The lowest BCUT2D eigenvalue weighted by Gasteiger charge is -2.44. The minimum absolute atomic E-state index is 0.0925. The zero-order valence-corrected chi connectivity index (χ0v) is 13.4. The second-order valence-electron chi connectivity index (χ2n) is 6.01. The summed E-state index contributed by atoms with van der Waals surface area (Å²) >= 11 is 3.41. The molecule has 0 bridgehead atoms. The molecule has 5 heteroatoms. The van der Waals surface area contributed by atoms with Crippen molar-refractivity contribution in [2.75, 3.05) is 19.8 Å². The Kier molecular flexibility index (Phi) is 4.64. The molecule has 2 saturated heterocycles. The summed E-state index contributed by atoms with van der Waals surface area (Å²) in [4.78, 5) is 0. The molecule has 3 nitrogen and oxygen atoms in total. The maximum Gasteiger partial charge on any atom is 0.123 e. The molecule has 3 rings (SSSR count). The zero-order valence-electron chi connectivity index (χ0n) is 11.9. The molecule has 2 fully saturated rings. The lowest BCUT2D eigenvalue weighted by atomic mass is 9.77. The Morgan fingerprint density at radius 1 is 1.29 bits per heavy atom. The van der Waals surface area contributed by atoms with Gasteiger partial charge in [-0.05, 0) is 55.4 Å². The van der Waals surface area contributed by atoms with Crippen LogP contribution in [0.2, 0.25) is 0 Å². The number of hydrogen-bond donors (Lipinski definition) is 1. The number of ether oxygens (including phenoxy) is 2. The van der Waals surface area contributed by atoms with Gasteiger partial charge in [-0.1, -0.05) is 15.9 Å². The van der Waals surface area contributed by atoms with Gasteiger partial charge in [0.25, 0.3) is 0 Å². The number of rotatable bonds is 2. The van der Waals surface area contributed by atoms with Gasteiger partial charge < -0.3 is 14.6 Å². The lowest BCUT2D eigenvalue weighted by Crippen LogP contribution is -2.45. The molecule has 2 heterocycles. The zero-order chi connectivity index (χ0) is 14.9. The summed E-state index contributed by atoms with van der Waals surface area (Å²) in [6.07, 6.45) is 2.69. The Bertz CT molecular complexity index is 497. The fourth-order valence-electron chi connectivity index (χ4n) is 3.42. The smallest absolute Gasteiger partial charge is 0.123 e. The minimum atomic E-state index is -0.668.